The van der Waals surface area contributed by atoms with Crippen LogP contribution in [-0.2, 0) is 6.54 Å². The molecule has 2 aromatic carbocycles. The van der Waals surface area contributed by atoms with E-state index in [4.69, 9.17) is 0 Å². The number of hydrogen-bond acceptors (Lipinski definition) is 2. The molecule has 0 bridgehead atoms. The van der Waals surface area contributed by atoms with Gasteiger partial charge in [-0.2, -0.15) is 0 Å². The maximum Gasteiger partial charge on any atom is 0.187 e. The lowest BCUT2D eigenvalue weighted by Gasteiger charge is -2.15. The molecular formula is C20H20F2N2O. The zero-order valence-electron chi connectivity index (χ0n) is 13.9. The highest BCUT2D eigenvalue weighted by atomic mass is 19.1. The summed E-state index contributed by atoms with van der Waals surface area (Å²) in [5.41, 5.74) is 2.23. The Morgan fingerprint density at radius 3 is 2.40 bits per heavy atom. The fourth-order valence-electron chi connectivity index (χ4n) is 3.65. The Bertz CT molecular complexity index is 890. The second-order valence-electron chi connectivity index (χ2n) is 6.58. The first kappa shape index (κ1) is 16.1. The molecule has 25 heavy (non-hydrogen) atoms. The van der Waals surface area contributed by atoms with Crippen molar-refractivity contribution in [3.63, 3.8) is 0 Å². The summed E-state index contributed by atoms with van der Waals surface area (Å²) in [6.07, 6.45) is 4.57. The van der Waals surface area contributed by atoms with Crippen LogP contribution < -0.4 is 0 Å². The van der Waals surface area contributed by atoms with E-state index in [0.29, 0.717) is 5.56 Å². The number of hydrogen-bond donors (Lipinski definition) is 1. The second kappa shape index (κ2) is 6.48. The van der Waals surface area contributed by atoms with Crippen molar-refractivity contribution in [3.05, 3.63) is 54.2 Å². The lowest BCUT2D eigenvalue weighted by atomic mass is 10.0. The van der Waals surface area contributed by atoms with Gasteiger partial charge in [-0.3, -0.25) is 0 Å². The van der Waals surface area contributed by atoms with E-state index in [1.165, 1.54) is 25.0 Å². The molecule has 0 saturated carbocycles. The third kappa shape index (κ3) is 3.00. The molecule has 0 atom stereocenters. The molecule has 1 aliphatic heterocycles. The standard InChI is InChI=1S/C20H20F2N2O/c21-17-12-14(13-18(22)20(17)25)15-4-3-5-19-16(15)6-9-24(19)11-10-23-7-1-2-8-23/h3-6,9,12-13,25H,1-2,7-8,10-11H2. The van der Waals surface area contributed by atoms with E-state index in [9.17, 15) is 13.9 Å². The van der Waals surface area contributed by atoms with Crippen LogP contribution in [0.3, 0.4) is 0 Å². The Kier molecular flexibility index (Phi) is 4.17. The van der Waals surface area contributed by atoms with E-state index in [0.717, 1.165) is 42.6 Å². The summed E-state index contributed by atoms with van der Waals surface area (Å²) >= 11 is 0. The first-order chi connectivity index (χ1) is 12.1. The van der Waals surface area contributed by atoms with Crippen molar-refractivity contribution in [1.29, 1.82) is 0 Å². The Morgan fingerprint density at radius 2 is 1.68 bits per heavy atom. The predicted molar refractivity (Wildman–Crippen MR) is 94.6 cm³/mol. The third-order valence-corrected chi connectivity index (χ3v) is 5.00. The molecule has 5 heteroatoms. The highest BCUT2D eigenvalue weighted by molar-refractivity contribution is 5.95. The van der Waals surface area contributed by atoms with Crippen LogP contribution in [0.4, 0.5) is 8.78 Å². The number of nitrogens with zero attached hydrogens (tertiary/aromatic N) is 2. The van der Waals surface area contributed by atoms with Gasteiger partial charge >= 0.3 is 0 Å². The summed E-state index contributed by atoms with van der Waals surface area (Å²) in [6.45, 7) is 4.23. The lowest BCUT2D eigenvalue weighted by Crippen LogP contribution is -2.23. The van der Waals surface area contributed by atoms with Crippen LogP contribution in [0.5, 0.6) is 5.75 Å². The van der Waals surface area contributed by atoms with Gasteiger partial charge in [0.1, 0.15) is 0 Å². The van der Waals surface area contributed by atoms with Crippen LogP contribution in [0.2, 0.25) is 0 Å². The maximum atomic E-state index is 13.7. The molecular weight excluding hydrogens is 322 g/mol. The Morgan fingerprint density at radius 1 is 0.960 bits per heavy atom. The Labute approximate surface area is 145 Å². The molecule has 4 rings (SSSR count). The molecule has 3 nitrogen and oxygen atoms in total. The van der Waals surface area contributed by atoms with Gasteiger partial charge < -0.3 is 14.6 Å². The van der Waals surface area contributed by atoms with Gasteiger partial charge in [-0.05, 0) is 61.3 Å². The number of aromatic nitrogens is 1. The monoisotopic (exact) mass is 342 g/mol. The number of phenolic OH excluding ortho intramolecular Hbond substituents is 1. The second-order valence-corrected chi connectivity index (χ2v) is 6.58. The smallest absolute Gasteiger partial charge is 0.187 e. The van der Waals surface area contributed by atoms with E-state index >= 15 is 0 Å². The van der Waals surface area contributed by atoms with Crippen molar-refractivity contribution in [3.8, 4) is 16.9 Å². The fraction of sp³-hybridized carbons (Fsp3) is 0.300. The van der Waals surface area contributed by atoms with Gasteiger partial charge in [-0.25, -0.2) is 8.78 Å². The maximum absolute atomic E-state index is 13.7. The van der Waals surface area contributed by atoms with Gasteiger partial charge in [-0.1, -0.05) is 12.1 Å². The molecule has 1 aliphatic rings. The van der Waals surface area contributed by atoms with Crippen molar-refractivity contribution >= 4 is 10.9 Å². The Balaban J connectivity index is 1.69. The SMILES string of the molecule is Oc1c(F)cc(-c2cccc3c2ccn3CCN2CCCC2)cc1F. The highest BCUT2D eigenvalue weighted by Crippen LogP contribution is 2.33. The number of fused-ring (bicyclic) bond motifs is 1. The minimum absolute atomic E-state index is 0.427. The van der Waals surface area contributed by atoms with E-state index in [2.05, 4.69) is 9.47 Å². The molecule has 0 amide bonds. The molecule has 0 radical (unpaired) electrons. The predicted octanol–water partition coefficient (Wildman–Crippen LogP) is 4.39. The first-order valence-corrected chi connectivity index (χ1v) is 8.62. The van der Waals surface area contributed by atoms with E-state index < -0.39 is 17.4 Å². The molecule has 0 unspecified atom stereocenters. The number of aromatic hydroxyl groups is 1. The topological polar surface area (TPSA) is 28.4 Å². The van der Waals surface area contributed by atoms with E-state index in [1.54, 1.807) is 0 Å². The third-order valence-electron chi connectivity index (χ3n) is 5.00. The lowest BCUT2D eigenvalue weighted by molar-refractivity contribution is 0.324. The van der Waals surface area contributed by atoms with Gasteiger partial charge in [0.2, 0.25) is 0 Å². The molecule has 2 heterocycles. The van der Waals surface area contributed by atoms with Crippen LogP contribution in [-0.4, -0.2) is 34.2 Å². The van der Waals surface area contributed by atoms with Crippen molar-refractivity contribution < 1.29 is 13.9 Å². The van der Waals surface area contributed by atoms with Crippen LogP contribution in [0.15, 0.2) is 42.6 Å². The van der Waals surface area contributed by atoms with Gasteiger partial charge in [0.05, 0.1) is 0 Å². The van der Waals surface area contributed by atoms with Crippen LogP contribution >= 0.6 is 0 Å². The first-order valence-electron chi connectivity index (χ1n) is 8.62. The molecule has 1 saturated heterocycles. The van der Waals surface area contributed by atoms with Crippen LogP contribution in [0.25, 0.3) is 22.0 Å². The number of benzene rings is 2. The summed E-state index contributed by atoms with van der Waals surface area (Å²) in [5.74, 6) is -2.82. The van der Waals surface area contributed by atoms with Crippen molar-refractivity contribution in [2.24, 2.45) is 0 Å². The van der Waals surface area contributed by atoms with Crippen molar-refractivity contribution in [2.45, 2.75) is 19.4 Å². The molecule has 1 aromatic heterocycles. The zero-order chi connectivity index (χ0) is 17.4. The normalized spacial score (nSPS) is 15.3. The summed E-state index contributed by atoms with van der Waals surface area (Å²) in [6, 6.07) is 10.1. The molecule has 1 fully saturated rings. The average molecular weight is 342 g/mol. The number of halogens is 2. The molecule has 1 N–H and O–H groups in total. The largest absolute Gasteiger partial charge is 0.503 e. The summed E-state index contributed by atoms with van der Waals surface area (Å²) in [5, 5.41) is 10.3. The molecule has 3 aromatic rings. The minimum atomic E-state index is -0.944. The zero-order valence-corrected chi connectivity index (χ0v) is 13.9. The van der Waals surface area contributed by atoms with Crippen LogP contribution in [0, 0.1) is 11.6 Å². The summed E-state index contributed by atoms with van der Waals surface area (Å²) in [4.78, 5) is 2.46. The number of rotatable bonds is 4. The van der Waals surface area contributed by atoms with Crippen molar-refractivity contribution in [1.82, 2.24) is 9.47 Å². The fourth-order valence-corrected chi connectivity index (χ4v) is 3.65. The van der Waals surface area contributed by atoms with Gasteiger partial charge in [-0.15, -0.1) is 0 Å². The number of phenols is 1. The summed E-state index contributed by atoms with van der Waals surface area (Å²) in [7, 11) is 0. The van der Waals surface area contributed by atoms with Crippen LogP contribution in [0.1, 0.15) is 12.8 Å². The molecule has 0 aliphatic carbocycles. The number of likely N-dealkylation sites (tertiary alicyclic amines) is 1. The molecule has 130 valence electrons. The average Bonchev–Trinajstić information content (AvgIpc) is 3.26. The minimum Gasteiger partial charge on any atom is -0.503 e. The quantitative estimate of drug-likeness (QED) is 0.762. The van der Waals surface area contributed by atoms with Crippen molar-refractivity contribution in [2.75, 3.05) is 19.6 Å². The van der Waals surface area contributed by atoms with Gasteiger partial charge in [0.15, 0.2) is 17.4 Å². The van der Waals surface area contributed by atoms with E-state index in [-0.39, 0.29) is 0 Å². The van der Waals surface area contributed by atoms with Gasteiger partial charge in [0.25, 0.3) is 0 Å². The van der Waals surface area contributed by atoms with Gasteiger partial charge in [0, 0.05) is 30.2 Å². The van der Waals surface area contributed by atoms with E-state index in [1.807, 2.05) is 30.5 Å². The highest BCUT2D eigenvalue weighted by Gasteiger charge is 2.15. The Hall–Kier alpha value is -2.40. The summed E-state index contributed by atoms with van der Waals surface area (Å²) < 4.78 is 29.6. The molecule has 0 spiro atoms.